The molecule has 0 unspecified atom stereocenters. The third kappa shape index (κ3) is 6.55. The molecule has 1 aromatic heterocycles. The van der Waals surface area contributed by atoms with Crippen LogP contribution in [0.25, 0.3) is 0 Å². The van der Waals surface area contributed by atoms with Crippen LogP contribution in [0.3, 0.4) is 0 Å². The van der Waals surface area contributed by atoms with Crippen LogP contribution in [-0.2, 0) is 24.3 Å². The molecule has 1 aliphatic rings. The van der Waals surface area contributed by atoms with Crippen LogP contribution in [0, 0.1) is 0 Å². The summed E-state index contributed by atoms with van der Waals surface area (Å²) in [7, 11) is -4.25. The largest absolute Gasteiger partial charge is 0.461 e. The lowest BCUT2D eigenvalue weighted by molar-refractivity contribution is -0.115. The number of esters is 1. The maximum atomic E-state index is 13.3. The van der Waals surface area contributed by atoms with E-state index in [4.69, 9.17) is 21.1 Å². The fraction of sp³-hybridized carbons (Fsp3) is 0.429. The van der Waals surface area contributed by atoms with E-state index in [1.807, 2.05) is 0 Å². The van der Waals surface area contributed by atoms with Crippen LogP contribution in [0.1, 0.15) is 17.4 Å². The Balaban J connectivity index is 1.70. The third-order valence-corrected chi connectivity index (χ3v) is 6.91. The van der Waals surface area contributed by atoms with Gasteiger partial charge in [0, 0.05) is 37.4 Å². The normalized spacial score (nSPS) is 14.7. The number of hydrogen-bond donors (Lipinski definition) is 2. The molecule has 12 heteroatoms. The molecule has 0 saturated carbocycles. The Labute approximate surface area is 197 Å². The molecule has 1 aliphatic heterocycles. The highest BCUT2D eigenvalue weighted by Gasteiger charge is 2.27. The SMILES string of the molecule is CCOC(=O)c1cccn1S(=O)(=O)c1cc(Cl)ccc1NC(=O)CNCCN1CCOCC1. The van der Waals surface area contributed by atoms with E-state index >= 15 is 0 Å². The second-order valence-corrected chi connectivity index (χ2v) is 9.45. The van der Waals surface area contributed by atoms with Gasteiger partial charge in [-0.3, -0.25) is 9.69 Å². The van der Waals surface area contributed by atoms with Gasteiger partial charge >= 0.3 is 5.97 Å². The van der Waals surface area contributed by atoms with E-state index in [-0.39, 0.29) is 34.5 Å². The first-order chi connectivity index (χ1) is 15.8. The first kappa shape index (κ1) is 25.2. The van der Waals surface area contributed by atoms with Crippen molar-refractivity contribution in [1.82, 2.24) is 14.2 Å². The average molecular weight is 499 g/mol. The fourth-order valence-corrected chi connectivity index (χ4v) is 5.06. The van der Waals surface area contributed by atoms with E-state index in [0.717, 1.165) is 23.6 Å². The van der Waals surface area contributed by atoms with Crippen LogP contribution >= 0.6 is 11.6 Å². The summed E-state index contributed by atoms with van der Waals surface area (Å²) < 4.78 is 37.7. The van der Waals surface area contributed by atoms with Crippen LogP contribution in [0.2, 0.25) is 5.02 Å². The number of rotatable bonds is 10. The molecule has 180 valence electrons. The highest BCUT2D eigenvalue weighted by molar-refractivity contribution is 7.90. The number of nitrogens with zero attached hydrogens (tertiary/aromatic N) is 2. The number of benzene rings is 1. The molecular formula is C21H27ClN4O6S. The van der Waals surface area contributed by atoms with Crippen molar-refractivity contribution in [3.63, 3.8) is 0 Å². The molecule has 33 heavy (non-hydrogen) atoms. The predicted octanol–water partition coefficient (Wildman–Crippen LogP) is 1.42. The highest BCUT2D eigenvalue weighted by atomic mass is 35.5. The quantitative estimate of drug-likeness (QED) is 0.373. The summed E-state index contributed by atoms with van der Waals surface area (Å²) >= 11 is 6.05. The van der Waals surface area contributed by atoms with Crippen LogP contribution in [0.4, 0.5) is 5.69 Å². The summed E-state index contributed by atoms with van der Waals surface area (Å²) in [4.78, 5) is 26.6. The summed E-state index contributed by atoms with van der Waals surface area (Å²) in [6, 6.07) is 6.88. The average Bonchev–Trinajstić information content (AvgIpc) is 3.30. The Bertz CT molecular complexity index is 1080. The van der Waals surface area contributed by atoms with Crippen LogP contribution in [0.5, 0.6) is 0 Å². The number of ether oxygens (including phenoxy) is 2. The number of anilines is 1. The molecule has 1 amide bonds. The number of halogens is 1. The van der Waals surface area contributed by atoms with E-state index in [1.165, 1.54) is 36.5 Å². The number of carbonyl (C=O) groups is 2. The predicted molar refractivity (Wildman–Crippen MR) is 123 cm³/mol. The Kier molecular flexibility index (Phi) is 8.87. The zero-order chi connectivity index (χ0) is 23.8. The van der Waals surface area contributed by atoms with E-state index < -0.39 is 21.9 Å². The third-order valence-electron chi connectivity index (χ3n) is 4.95. The van der Waals surface area contributed by atoms with Crippen LogP contribution < -0.4 is 10.6 Å². The molecular weight excluding hydrogens is 472 g/mol. The Hall–Kier alpha value is -2.44. The highest BCUT2D eigenvalue weighted by Crippen LogP contribution is 2.28. The van der Waals surface area contributed by atoms with Crippen LogP contribution in [0.15, 0.2) is 41.4 Å². The molecule has 0 aliphatic carbocycles. The number of nitrogens with one attached hydrogen (secondary N) is 2. The summed E-state index contributed by atoms with van der Waals surface area (Å²) in [5, 5.41) is 5.83. The van der Waals surface area contributed by atoms with E-state index in [9.17, 15) is 18.0 Å². The lowest BCUT2D eigenvalue weighted by Gasteiger charge is -2.26. The minimum absolute atomic E-state index is 0.00402. The first-order valence-electron chi connectivity index (χ1n) is 10.5. The molecule has 2 N–H and O–H groups in total. The lowest BCUT2D eigenvalue weighted by Crippen LogP contribution is -2.41. The number of carbonyl (C=O) groups excluding carboxylic acids is 2. The maximum Gasteiger partial charge on any atom is 0.355 e. The van der Waals surface area contributed by atoms with Gasteiger partial charge in [-0.05, 0) is 37.3 Å². The topological polar surface area (TPSA) is 119 Å². The van der Waals surface area contributed by atoms with Crippen molar-refractivity contribution in [1.29, 1.82) is 0 Å². The molecule has 2 aromatic rings. The molecule has 0 atom stereocenters. The van der Waals surface area contributed by atoms with Gasteiger partial charge < -0.3 is 20.1 Å². The molecule has 10 nitrogen and oxygen atoms in total. The minimum atomic E-state index is -4.25. The number of amides is 1. The monoisotopic (exact) mass is 498 g/mol. The van der Waals surface area contributed by atoms with Crippen LogP contribution in [-0.4, -0.2) is 81.7 Å². The van der Waals surface area contributed by atoms with Gasteiger partial charge in [-0.2, -0.15) is 0 Å². The number of hydrogen-bond acceptors (Lipinski definition) is 8. The van der Waals surface area contributed by atoms with Gasteiger partial charge in [0.1, 0.15) is 10.6 Å². The zero-order valence-corrected chi connectivity index (χ0v) is 19.8. The van der Waals surface area contributed by atoms with E-state index in [1.54, 1.807) is 6.92 Å². The molecule has 0 bridgehead atoms. The van der Waals surface area contributed by atoms with Gasteiger partial charge in [-0.25, -0.2) is 17.2 Å². The van der Waals surface area contributed by atoms with Gasteiger partial charge in [0.25, 0.3) is 10.0 Å². The maximum absolute atomic E-state index is 13.3. The van der Waals surface area contributed by atoms with Crippen molar-refractivity contribution in [3.8, 4) is 0 Å². The second-order valence-electron chi connectivity index (χ2n) is 7.23. The summed E-state index contributed by atoms with van der Waals surface area (Å²) in [6.45, 7) is 6.22. The lowest BCUT2D eigenvalue weighted by atomic mass is 10.3. The van der Waals surface area contributed by atoms with Crippen molar-refractivity contribution in [3.05, 3.63) is 47.2 Å². The van der Waals surface area contributed by atoms with Gasteiger partial charge in [-0.1, -0.05) is 11.6 Å². The van der Waals surface area contributed by atoms with Gasteiger partial charge in [0.15, 0.2) is 0 Å². The van der Waals surface area contributed by atoms with Crippen molar-refractivity contribution in [2.24, 2.45) is 0 Å². The molecule has 0 spiro atoms. The Morgan fingerprint density at radius 3 is 2.70 bits per heavy atom. The van der Waals surface area contributed by atoms with Crippen molar-refractivity contribution in [2.75, 3.05) is 57.9 Å². The van der Waals surface area contributed by atoms with Crippen molar-refractivity contribution >= 4 is 39.2 Å². The fourth-order valence-electron chi connectivity index (χ4n) is 3.32. The smallest absolute Gasteiger partial charge is 0.355 e. The molecule has 1 saturated heterocycles. The van der Waals surface area contributed by atoms with E-state index in [2.05, 4.69) is 15.5 Å². The summed E-state index contributed by atoms with van der Waals surface area (Å²) in [5.74, 6) is -1.18. The molecule has 1 fully saturated rings. The van der Waals surface area contributed by atoms with E-state index in [0.29, 0.717) is 19.8 Å². The first-order valence-corrected chi connectivity index (χ1v) is 12.3. The summed E-state index contributed by atoms with van der Waals surface area (Å²) in [5.41, 5.74) is -0.0956. The van der Waals surface area contributed by atoms with Crippen molar-refractivity contribution < 1.29 is 27.5 Å². The second kappa shape index (κ2) is 11.6. The summed E-state index contributed by atoms with van der Waals surface area (Å²) in [6.07, 6.45) is 1.24. The Morgan fingerprint density at radius 1 is 1.21 bits per heavy atom. The standard InChI is InChI=1S/C21H27ClN4O6S/c1-2-32-21(28)18-4-3-8-26(18)33(29,30)19-14-16(22)5-6-17(19)24-20(27)15-23-7-9-25-10-12-31-13-11-25/h3-6,8,14,23H,2,7,9-13,15H2,1H3,(H,24,27). The van der Waals surface area contributed by atoms with Gasteiger partial charge in [-0.15, -0.1) is 0 Å². The number of aromatic nitrogens is 1. The molecule has 2 heterocycles. The Morgan fingerprint density at radius 2 is 1.97 bits per heavy atom. The minimum Gasteiger partial charge on any atom is -0.461 e. The van der Waals surface area contributed by atoms with Gasteiger partial charge in [0.2, 0.25) is 5.91 Å². The zero-order valence-electron chi connectivity index (χ0n) is 18.3. The molecule has 3 rings (SSSR count). The number of morpholine rings is 1. The van der Waals surface area contributed by atoms with Crippen molar-refractivity contribution in [2.45, 2.75) is 11.8 Å². The molecule has 0 radical (unpaired) electrons. The molecule has 1 aromatic carbocycles. The van der Waals surface area contributed by atoms with Gasteiger partial charge in [0.05, 0.1) is 32.1 Å².